The van der Waals surface area contributed by atoms with Crippen LogP contribution in [0.2, 0.25) is 25.7 Å². The van der Waals surface area contributed by atoms with Crippen molar-refractivity contribution >= 4 is 43.6 Å². The number of primary amides is 1. The molecule has 0 unspecified atom stereocenters. The normalized spacial score (nSPS) is 13.3. The molecule has 188 valence electrons. The van der Waals surface area contributed by atoms with E-state index in [0.717, 1.165) is 6.04 Å². The number of amides is 4. The molecule has 0 aromatic carbocycles. The molecule has 0 radical (unpaired) electrons. The van der Waals surface area contributed by atoms with Crippen LogP contribution < -0.4 is 21.7 Å². The van der Waals surface area contributed by atoms with E-state index in [1.165, 1.54) is 20.8 Å². The molecule has 12 nitrogen and oxygen atoms in total. The van der Waals surface area contributed by atoms with Gasteiger partial charge in [-0.3, -0.25) is 28.8 Å². The summed E-state index contributed by atoms with van der Waals surface area (Å²) >= 11 is 0. The van der Waals surface area contributed by atoms with Gasteiger partial charge in [0, 0.05) is 14.5 Å². The highest BCUT2D eigenvalue weighted by Gasteiger charge is 2.32. The van der Waals surface area contributed by atoms with Crippen LogP contribution in [0.25, 0.3) is 0 Å². The summed E-state index contributed by atoms with van der Waals surface area (Å²) in [5.41, 5.74) is 3.65. The highest BCUT2D eigenvalue weighted by Crippen LogP contribution is 2.09. The molecule has 0 heterocycles. The van der Waals surface area contributed by atoms with Crippen LogP contribution in [0.15, 0.2) is 0 Å². The Morgan fingerprint density at radius 2 is 1.61 bits per heavy atom. The predicted molar refractivity (Wildman–Crippen MR) is 122 cm³/mol. The first-order valence-corrected chi connectivity index (χ1v) is 14.2. The van der Waals surface area contributed by atoms with Crippen LogP contribution in [0.1, 0.15) is 40.0 Å². The Morgan fingerprint density at radius 1 is 1.03 bits per heavy atom. The number of nitrogens with one attached hydrogen (secondary N) is 3. The maximum Gasteiger partial charge on any atom is 0.306 e. The van der Waals surface area contributed by atoms with Gasteiger partial charge in [0.05, 0.1) is 19.4 Å². The van der Waals surface area contributed by atoms with Gasteiger partial charge in [-0.25, -0.2) is 0 Å². The lowest BCUT2D eigenvalue weighted by atomic mass is 10.0. The number of carboxylic acids is 1. The van der Waals surface area contributed by atoms with Gasteiger partial charge in [-0.1, -0.05) is 19.6 Å². The van der Waals surface area contributed by atoms with Crippen LogP contribution in [0.4, 0.5) is 0 Å². The van der Waals surface area contributed by atoms with Crippen LogP contribution in [0.3, 0.4) is 0 Å². The minimum Gasteiger partial charge on any atom is -0.481 e. The highest BCUT2D eigenvalue weighted by atomic mass is 28.3. The molecule has 2 atom stereocenters. The van der Waals surface area contributed by atoms with Crippen LogP contribution in [-0.2, 0) is 33.5 Å². The average molecular weight is 489 g/mol. The lowest BCUT2D eigenvalue weighted by Gasteiger charge is -2.27. The number of hydrogen-bond donors (Lipinski definition) is 5. The van der Waals surface area contributed by atoms with Crippen molar-refractivity contribution in [1.29, 1.82) is 0 Å². The van der Waals surface area contributed by atoms with Crippen molar-refractivity contribution in [3.63, 3.8) is 0 Å². The summed E-state index contributed by atoms with van der Waals surface area (Å²) in [6.07, 6.45) is -1.01. The van der Waals surface area contributed by atoms with E-state index in [1.54, 1.807) is 0 Å². The molecular weight excluding hydrogens is 452 g/mol. The number of ether oxygens (including phenoxy) is 1. The van der Waals surface area contributed by atoms with Gasteiger partial charge < -0.3 is 31.5 Å². The van der Waals surface area contributed by atoms with Gasteiger partial charge in [-0.15, -0.1) is 0 Å². The van der Waals surface area contributed by atoms with Gasteiger partial charge in [0.1, 0.15) is 17.6 Å². The lowest BCUT2D eigenvalue weighted by molar-refractivity contribution is -0.145. The van der Waals surface area contributed by atoms with Gasteiger partial charge in [-0.2, -0.15) is 0 Å². The van der Waals surface area contributed by atoms with Crippen LogP contribution >= 0.6 is 0 Å². The number of carbonyl (C=O) groups excluding carboxylic acids is 5. The number of nitrogens with two attached hydrogens (primary N) is 1. The first kappa shape index (κ1) is 30.0. The number of rotatable bonds is 14. The molecule has 0 rings (SSSR count). The Morgan fingerprint density at radius 3 is 2.09 bits per heavy atom. The fourth-order valence-electron chi connectivity index (χ4n) is 2.36. The summed E-state index contributed by atoms with van der Waals surface area (Å²) in [6.45, 7) is 10.9. The summed E-state index contributed by atoms with van der Waals surface area (Å²) in [4.78, 5) is 70.7. The van der Waals surface area contributed by atoms with Crippen molar-refractivity contribution in [2.75, 3.05) is 6.61 Å². The average Bonchev–Trinajstić information content (AvgIpc) is 2.63. The molecule has 0 aromatic rings. The fraction of sp³-hybridized carbons (Fsp3) is 0.700. The van der Waals surface area contributed by atoms with Crippen molar-refractivity contribution in [3.05, 3.63) is 0 Å². The molecule has 4 amide bonds. The van der Waals surface area contributed by atoms with Crippen molar-refractivity contribution in [2.45, 2.75) is 83.3 Å². The first-order valence-electron chi connectivity index (χ1n) is 10.5. The zero-order valence-electron chi connectivity index (χ0n) is 20.1. The summed E-state index contributed by atoms with van der Waals surface area (Å²) in [7, 11) is -1.34. The van der Waals surface area contributed by atoms with Crippen molar-refractivity contribution in [1.82, 2.24) is 16.0 Å². The van der Waals surface area contributed by atoms with Crippen LogP contribution in [-0.4, -0.2) is 73.0 Å². The van der Waals surface area contributed by atoms with Gasteiger partial charge in [-0.05, 0) is 26.8 Å². The molecule has 0 aliphatic heterocycles. The molecule has 33 heavy (non-hydrogen) atoms. The van der Waals surface area contributed by atoms with Gasteiger partial charge in [0.25, 0.3) is 0 Å². The van der Waals surface area contributed by atoms with E-state index in [0.29, 0.717) is 6.61 Å². The van der Waals surface area contributed by atoms with Crippen molar-refractivity contribution in [3.8, 4) is 0 Å². The Bertz CT molecular complexity index is 764. The molecule has 0 aliphatic carbocycles. The fourth-order valence-corrected chi connectivity index (χ4v) is 3.08. The van der Waals surface area contributed by atoms with E-state index in [-0.39, 0.29) is 12.8 Å². The summed E-state index contributed by atoms with van der Waals surface area (Å²) < 4.78 is 5.12. The van der Waals surface area contributed by atoms with E-state index < -0.39 is 67.7 Å². The Labute approximate surface area is 194 Å². The van der Waals surface area contributed by atoms with Crippen LogP contribution in [0.5, 0.6) is 0 Å². The molecular formula is C20H36N4O8Si. The second kappa shape index (κ2) is 12.9. The summed E-state index contributed by atoms with van der Waals surface area (Å²) in [6, 6.07) is -1.77. The van der Waals surface area contributed by atoms with Gasteiger partial charge >= 0.3 is 11.9 Å². The smallest absolute Gasteiger partial charge is 0.306 e. The molecule has 6 N–H and O–H groups in total. The minimum absolute atomic E-state index is 0.133. The second-order valence-corrected chi connectivity index (χ2v) is 15.1. The third kappa shape index (κ3) is 13.2. The number of esters is 1. The number of aliphatic carboxylic acids is 1. The van der Waals surface area contributed by atoms with Gasteiger partial charge in [0.15, 0.2) is 0 Å². The third-order valence-electron chi connectivity index (χ3n) is 4.47. The Kier molecular flexibility index (Phi) is 11.8. The quantitative estimate of drug-likeness (QED) is 0.159. The van der Waals surface area contributed by atoms with E-state index in [4.69, 9.17) is 15.6 Å². The number of hydrogen-bond acceptors (Lipinski definition) is 7. The molecule has 0 saturated carbocycles. The minimum atomic E-state index is -1.44. The Balaban J connectivity index is 4.65. The monoisotopic (exact) mass is 488 g/mol. The zero-order chi connectivity index (χ0) is 26.0. The second-order valence-electron chi connectivity index (χ2n) is 9.46. The van der Waals surface area contributed by atoms with E-state index >= 15 is 0 Å². The first-order chi connectivity index (χ1) is 14.9. The van der Waals surface area contributed by atoms with Crippen LogP contribution in [0, 0.1) is 0 Å². The van der Waals surface area contributed by atoms with Crippen molar-refractivity contribution in [2.24, 2.45) is 5.73 Å². The molecule has 0 fully saturated rings. The summed E-state index contributed by atoms with van der Waals surface area (Å²) in [5, 5.41) is 15.8. The molecule has 13 heteroatoms. The zero-order valence-corrected chi connectivity index (χ0v) is 21.1. The topological polar surface area (TPSA) is 194 Å². The number of carboxylic acid groups (broad SMARTS) is 1. The maximum atomic E-state index is 12.5. The Hall–Kier alpha value is -2.96. The SMILES string of the molecule is C[C@H](NC(=O)C(C)(C)NC(=O)CCC(=O)OCC[Si](C)(C)C)C(=O)N[C@@H](CC(=O)O)C(N)=O. The number of carbonyl (C=O) groups is 6. The third-order valence-corrected chi connectivity index (χ3v) is 6.17. The van der Waals surface area contributed by atoms with E-state index in [1.807, 2.05) is 0 Å². The lowest BCUT2D eigenvalue weighted by Crippen LogP contribution is -2.59. The standard InChI is InChI=1S/C20H36N4O8Si/c1-12(18(30)23-13(17(21)29)11-15(26)27)22-19(31)20(2,3)24-14(25)7-8-16(28)32-9-10-33(4,5)6/h12-13H,7-11H2,1-6H3,(H2,21,29)(H,22,31)(H,23,30)(H,24,25)(H,26,27)/t12-,13-/m0/s1. The highest BCUT2D eigenvalue weighted by molar-refractivity contribution is 6.76. The van der Waals surface area contributed by atoms with Gasteiger partial charge in [0.2, 0.25) is 23.6 Å². The molecule has 0 aromatic heterocycles. The van der Waals surface area contributed by atoms with Crippen molar-refractivity contribution < 1.29 is 38.6 Å². The molecule has 0 spiro atoms. The predicted octanol–water partition coefficient (Wildman–Crippen LogP) is -0.508. The largest absolute Gasteiger partial charge is 0.481 e. The molecule has 0 bridgehead atoms. The van der Waals surface area contributed by atoms with E-state index in [2.05, 4.69) is 35.6 Å². The molecule has 0 aliphatic rings. The van der Waals surface area contributed by atoms with E-state index in [9.17, 15) is 28.8 Å². The summed E-state index contributed by atoms with van der Waals surface area (Å²) in [5.74, 6) is -4.94. The molecule has 0 saturated heterocycles. The maximum absolute atomic E-state index is 12.5.